The van der Waals surface area contributed by atoms with Crippen LogP contribution >= 0.6 is 0 Å². The first-order chi connectivity index (χ1) is 11.2. The Morgan fingerprint density at radius 3 is 2.40 bits per heavy atom. The van der Waals surface area contributed by atoms with Gasteiger partial charge in [0, 0.05) is 23.7 Å². The van der Waals surface area contributed by atoms with E-state index in [1.54, 1.807) is 14.0 Å². The Kier molecular flexibility index (Phi) is 6.14. The lowest BCUT2D eigenvalue weighted by atomic mass is 10.00. The van der Waals surface area contributed by atoms with Crippen molar-refractivity contribution in [2.75, 3.05) is 13.6 Å². The number of nitro benzene ring substituents is 1. The highest BCUT2D eigenvalue weighted by molar-refractivity contribution is 5.83. The van der Waals surface area contributed by atoms with Gasteiger partial charge in [-0.25, -0.2) is 0 Å². The van der Waals surface area contributed by atoms with Crippen LogP contribution in [0.15, 0.2) is 15.7 Å². The molecule has 0 saturated heterocycles. The van der Waals surface area contributed by atoms with Crippen LogP contribution in [0.2, 0.25) is 0 Å². The number of hydrogen-bond donors (Lipinski definition) is 4. The van der Waals surface area contributed by atoms with Gasteiger partial charge >= 0.3 is 17.1 Å². The highest BCUT2D eigenvalue weighted by Crippen LogP contribution is 2.29. The van der Waals surface area contributed by atoms with Crippen molar-refractivity contribution in [1.29, 1.82) is 0 Å². The Balaban J connectivity index is 0.00000312. The molecule has 6 N–H and O–H groups in total. The normalized spacial score (nSPS) is 10.7. The molecule has 0 bridgehead atoms. The van der Waals surface area contributed by atoms with E-state index in [-0.39, 0.29) is 36.0 Å². The number of carboxylic acids is 1. The van der Waals surface area contributed by atoms with Crippen LogP contribution in [-0.2, 0) is 17.8 Å². The molecule has 1 heterocycles. The molecule has 0 spiro atoms. The number of aromatic amines is 2. The number of carboxylic acid groups (broad SMARTS) is 1. The quantitative estimate of drug-likeness (QED) is 0.326. The van der Waals surface area contributed by atoms with E-state index in [4.69, 9.17) is 5.11 Å². The van der Waals surface area contributed by atoms with E-state index < -0.39 is 22.0 Å². The summed E-state index contributed by atoms with van der Waals surface area (Å²) in [7, 11) is 1.54. The topological polar surface area (TPSA) is 184 Å². The number of nitro groups is 1. The molecule has 0 aliphatic carbocycles. The minimum Gasteiger partial charge on any atom is -0.480 e. The van der Waals surface area contributed by atoms with Gasteiger partial charge in [0.05, 0.1) is 22.5 Å². The molecule has 0 atom stereocenters. The molecule has 0 aliphatic heterocycles. The summed E-state index contributed by atoms with van der Waals surface area (Å²) in [6, 6.07) is 1.20. The zero-order valence-electron chi connectivity index (χ0n) is 13.8. The maximum atomic E-state index is 11.6. The van der Waals surface area contributed by atoms with E-state index in [2.05, 4.69) is 9.97 Å². The lowest BCUT2D eigenvalue weighted by Gasteiger charge is -2.18. The number of rotatable bonds is 6. The highest BCUT2D eigenvalue weighted by atomic mass is 16.6. The molecular formula is C14H19N5O6. The second-order valence-corrected chi connectivity index (χ2v) is 5.36. The van der Waals surface area contributed by atoms with Crippen LogP contribution in [0.3, 0.4) is 0 Å². The third-order valence-electron chi connectivity index (χ3n) is 3.60. The predicted molar refractivity (Wildman–Crippen MR) is 90.2 cm³/mol. The van der Waals surface area contributed by atoms with Gasteiger partial charge in [-0.15, -0.1) is 0 Å². The van der Waals surface area contributed by atoms with Crippen molar-refractivity contribution >= 4 is 22.7 Å². The lowest BCUT2D eigenvalue weighted by molar-refractivity contribution is -0.385. The third-order valence-corrected chi connectivity index (χ3v) is 3.60. The number of benzene rings is 1. The van der Waals surface area contributed by atoms with E-state index in [1.165, 1.54) is 11.0 Å². The summed E-state index contributed by atoms with van der Waals surface area (Å²) < 4.78 is 0. The van der Waals surface area contributed by atoms with Crippen molar-refractivity contribution in [1.82, 2.24) is 21.0 Å². The Bertz CT molecular complexity index is 932. The van der Waals surface area contributed by atoms with Crippen molar-refractivity contribution in [2.24, 2.45) is 0 Å². The number of fused-ring (bicyclic) bond motifs is 1. The molecule has 0 fully saturated rings. The molecule has 11 heteroatoms. The average Bonchev–Trinajstić information content (AvgIpc) is 2.47. The second-order valence-electron chi connectivity index (χ2n) is 5.36. The average molecular weight is 353 g/mol. The molecule has 0 aliphatic rings. The summed E-state index contributed by atoms with van der Waals surface area (Å²) in [5.74, 6) is -1.05. The zero-order chi connectivity index (χ0) is 18.0. The number of carbonyl (C=O) groups is 1. The van der Waals surface area contributed by atoms with Crippen molar-refractivity contribution in [2.45, 2.75) is 19.9 Å². The Labute approximate surface area is 141 Å². The standard InChI is InChI=1S/C14H16N4O6.H3N/c1-3-7-8(5-17(2)6-11(19)20)12-9(4-10(7)18(23)24)15-13(21)14(22)16-12;/h4H,3,5-6H2,1-2H3,(H,15,21)(H,16,22)(H,19,20);1H3. The van der Waals surface area contributed by atoms with Gasteiger partial charge in [0.25, 0.3) is 5.69 Å². The summed E-state index contributed by atoms with van der Waals surface area (Å²) >= 11 is 0. The number of aromatic nitrogens is 2. The Hall–Kier alpha value is -3.05. The van der Waals surface area contributed by atoms with E-state index in [0.29, 0.717) is 17.5 Å². The zero-order valence-corrected chi connectivity index (χ0v) is 13.8. The minimum absolute atomic E-state index is 0. The van der Waals surface area contributed by atoms with Crippen LogP contribution in [0.5, 0.6) is 0 Å². The van der Waals surface area contributed by atoms with Gasteiger partial charge in [0.1, 0.15) is 0 Å². The van der Waals surface area contributed by atoms with Gasteiger partial charge < -0.3 is 21.2 Å². The van der Waals surface area contributed by atoms with Gasteiger partial charge in [0.2, 0.25) is 0 Å². The number of hydrogen-bond acceptors (Lipinski definition) is 7. The van der Waals surface area contributed by atoms with Crippen LogP contribution in [0.4, 0.5) is 5.69 Å². The van der Waals surface area contributed by atoms with Crippen molar-refractivity contribution in [3.8, 4) is 0 Å². The highest BCUT2D eigenvalue weighted by Gasteiger charge is 2.22. The van der Waals surface area contributed by atoms with Crippen molar-refractivity contribution < 1.29 is 14.8 Å². The van der Waals surface area contributed by atoms with Gasteiger partial charge in [0.15, 0.2) is 0 Å². The minimum atomic E-state index is -1.05. The van der Waals surface area contributed by atoms with Crippen LogP contribution in [0, 0.1) is 10.1 Å². The van der Waals surface area contributed by atoms with Crippen molar-refractivity contribution in [3.63, 3.8) is 0 Å². The van der Waals surface area contributed by atoms with E-state index in [1.807, 2.05) is 0 Å². The molecular weight excluding hydrogens is 334 g/mol. The molecule has 0 amide bonds. The fourth-order valence-electron chi connectivity index (χ4n) is 2.64. The van der Waals surface area contributed by atoms with Crippen LogP contribution in [0.1, 0.15) is 18.1 Å². The smallest absolute Gasteiger partial charge is 0.317 e. The number of likely N-dealkylation sites (N-methyl/N-ethyl adjacent to an activating group) is 1. The molecule has 2 aromatic rings. The Morgan fingerprint density at radius 2 is 1.88 bits per heavy atom. The second kappa shape index (κ2) is 7.68. The van der Waals surface area contributed by atoms with E-state index in [9.17, 15) is 24.5 Å². The summed E-state index contributed by atoms with van der Waals surface area (Å²) in [5, 5.41) is 20.2. The van der Waals surface area contributed by atoms with Gasteiger partial charge in [-0.3, -0.25) is 29.4 Å². The summed E-state index contributed by atoms with van der Waals surface area (Å²) in [5.41, 5.74) is -0.786. The first kappa shape index (κ1) is 20.0. The maximum Gasteiger partial charge on any atom is 0.317 e. The molecule has 0 saturated carbocycles. The summed E-state index contributed by atoms with van der Waals surface area (Å²) in [6.07, 6.45) is 0.309. The van der Waals surface area contributed by atoms with Crippen LogP contribution in [-0.4, -0.2) is 44.5 Å². The lowest BCUT2D eigenvalue weighted by Crippen LogP contribution is -2.30. The Morgan fingerprint density at radius 1 is 1.28 bits per heavy atom. The number of H-pyrrole nitrogens is 2. The predicted octanol–water partition coefficient (Wildman–Crippen LogP) is 0.365. The number of nitrogens with zero attached hydrogens (tertiary/aromatic N) is 2. The molecule has 25 heavy (non-hydrogen) atoms. The molecule has 1 aromatic heterocycles. The molecule has 0 unspecified atom stereocenters. The van der Waals surface area contributed by atoms with Crippen LogP contribution in [0.25, 0.3) is 11.0 Å². The third kappa shape index (κ3) is 4.08. The molecule has 136 valence electrons. The van der Waals surface area contributed by atoms with Crippen molar-refractivity contribution in [3.05, 3.63) is 48.0 Å². The van der Waals surface area contributed by atoms with Gasteiger partial charge in [-0.1, -0.05) is 6.92 Å². The summed E-state index contributed by atoms with van der Waals surface area (Å²) in [4.78, 5) is 50.9. The first-order valence-electron chi connectivity index (χ1n) is 7.10. The fraction of sp³-hybridized carbons (Fsp3) is 0.357. The summed E-state index contributed by atoms with van der Waals surface area (Å²) in [6.45, 7) is 1.51. The molecule has 0 radical (unpaired) electrons. The largest absolute Gasteiger partial charge is 0.480 e. The fourth-order valence-corrected chi connectivity index (χ4v) is 2.64. The molecule has 2 rings (SSSR count). The molecule has 11 nitrogen and oxygen atoms in total. The first-order valence-corrected chi connectivity index (χ1v) is 7.10. The SMILES string of the molecule is CCc1c([N+](=O)[O-])cc2[nH]c(=O)c(=O)[nH]c2c1CN(C)CC(=O)O.N. The van der Waals surface area contributed by atoms with Crippen LogP contribution < -0.4 is 17.3 Å². The van der Waals surface area contributed by atoms with Gasteiger partial charge in [-0.2, -0.15) is 0 Å². The molecule has 1 aromatic carbocycles. The van der Waals surface area contributed by atoms with E-state index in [0.717, 1.165) is 0 Å². The monoisotopic (exact) mass is 353 g/mol. The maximum absolute atomic E-state index is 11.6. The number of aliphatic carboxylic acids is 1. The van der Waals surface area contributed by atoms with Gasteiger partial charge in [-0.05, 0) is 13.5 Å². The number of nitrogens with one attached hydrogen (secondary N) is 2. The van der Waals surface area contributed by atoms with E-state index >= 15 is 0 Å².